The molecule has 0 aromatic heterocycles. The van der Waals surface area contributed by atoms with Crippen LogP contribution in [0.5, 0.6) is 0 Å². The molecule has 39 heavy (non-hydrogen) atoms. The van der Waals surface area contributed by atoms with E-state index in [1.54, 1.807) is 4.90 Å². The molecular weight excluding hydrogens is 525 g/mol. The second-order valence-electron chi connectivity index (χ2n) is 11.6. The van der Waals surface area contributed by atoms with Gasteiger partial charge in [-0.3, -0.25) is 4.99 Å². The van der Waals surface area contributed by atoms with E-state index in [0.717, 1.165) is 16.8 Å². The van der Waals surface area contributed by atoms with Gasteiger partial charge < -0.3 is 15.5 Å². The molecule has 4 aliphatic rings. The van der Waals surface area contributed by atoms with Crippen molar-refractivity contribution in [3.63, 3.8) is 0 Å². The smallest absolute Gasteiger partial charge is 0.380 e. The molecule has 2 aliphatic carbocycles. The average Bonchev–Trinajstić information content (AvgIpc) is 3.39. The third-order valence-electron chi connectivity index (χ3n) is 8.34. The van der Waals surface area contributed by atoms with Crippen molar-refractivity contribution in [3.05, 3.63) is 54.0 Å². The van der Waals surface area contributed by atoms with Gasteiger partial charge in [-0.05, 0) is 48.3 Å². The summed E-state index contributed by atoms with van der Waals surface area (Å²) in [5.74, 6) is -5.37. The van der Waals surface area contributed by atoms with E-state index in [4.69, 9.17) is 4.99 Å². The Morgan fingerprint density at radius 2 is 1.82 bits per heavy atom. The number of rotatable bonds is 8. The highest BCUT2D eigenvalue weighted by atomic mass is 19.4. The molecule has 2 heterocycles. The van der Waals surface area contributed by atoms with Crippen LogP contribution in [0.3, 0.4) is 0 Å². The lowest BCUT2D eigenvalue weighted by Gasteiger charge is -2.38. The van der Waals surface area contributed by atoms with Crippen LogP contribution in [0.15, 0.2) is 47.9 Å². The van der Waals surface area contributed by atoms with Gasteiger partial charge in [0.25, 0.3) is 0 Å². The maximum Gasteiger partial charge on any atom is 0.410 e. The van der Waals surface area contributed by atoms with Gasteiger partial charge in [-0.25, -0.2) is 17.6 Å². The molecule has 0 spiro atoms. The topological polar surface area (TPSA) is 39.7 Å². The van der Waals surface area contributed by atoms with Crippen LogP contribution >= 0.6 is 0 Å². The number of halogens is 7. The SMILES string of the molecule is C=C(CC1CC(F)(F)C1)N[C@H](C1=Nc2cc(CN3CC(C(F)(F)F)NC3=C)ccc2C1)C1CCC(F)(F)CC1. The van der Waals surface area contributed by atoms with E-state index in [-0.39, 0.29) is 62.5 Å². The largest absolute Gasteiger partial charge is 0.410 e. The summed E-state index contributed by atoms with van der Waals surface area (Å²) in [7, 11) is 0. The van der Waals surface area contributed by atoms with Crippen molar-refractivity contribution in [1.82, 2.24) is 15.5 Å². The second-order valence-corrected chi connectivity index (χ2v) is 11.6. The van der Waals surface area contributed by atoms with Crippen molar-refractivity contribution in [2.45, 2.75) is 88.0 Å². The van der Waals surface area contributed by atoms with Crippen LogP contribution < -0.4 is 10.6 Å². The van der Waals surface area contributed by atoms with E-state index in [1.807, 2.05) is 18.2 Å². The Hall–Kier alpha value is -2.72. The zero-order valence-corrected chi connectivity index (χ0v) is 21.6. The highest BCUT2D eigenvalue weighted by Gasteiger charge is 2.46. The van der Waals surface area contributed by atoms with Gasteiger partial charge in [0.05, 0.1) is 17.6 Å². The highest BCUT2D eigenvalue weighted by Crippen LogP contribution is 2.45. The fraction of sp³-hybridized carbons (Fsp3) is 0.607. The second kappa shape index (κ2) is 10.0. The highest BCUT2D eigenvalue weighted by molar-refractivity contribution is 5.98. The van der Waals surface area contributed by atoms with Crippen LogP contribution in [-0.2, 0) is 13.0 Å². The molecule has 0 radical (unpaired) electrons. The number of allylic oxidation sites excluding steroid dienone is 1. The Labute approximate surface area is 223 Å². The van der Waals surface area contributed by atoms with Gasteiger partial charge in [0.15, 0.2) is 0 Å². The van der Waals surface area contributed by atoms with E-state index in [9.17, 15) is 30.7 Å². The molecule has 1 unspecified atom stereocenters. The summed E-state index contributed by atoms with van der Waals surface area (Å²) < 4.78 is 93.8. The average molecular weight is 559 g/mol. The Morgan fingerprint density at radius 1 is 1.13 bits per heavy atom. The van der Waals surface area contributed by atoms with Gasteiger partial charge >= 0.3 is 6.18 Å². The summed E-state index contributed by atoms with van der Waals surface area (Å²) >= 11 is 0. The molecule has 3 fully saturated rings. The van der Waals surface area contributed by atoms with Gasteiger partial charge in [0.1, 0.15) is 6.04 Å². The number of aliphatic imine (C=N–C) groups is 1. The predicted octanol–water partition coefficient (Wildman–Crippen LogP) is 6.86. The van der Waals surface area contributed by atoms with Crippen LogP contribution in [0.1, 0.15) is 56.1 Å². The van der Waals surface area contributed by atoms with Gasteiger partial charge in [0, 0.05) is 56.6 Å². The summed E-state index contributed by atoms with van der Waals surface area (Å²) in [5.41, 5.74) is 3.81. The van der Waals surface area contributed by atoms with Crippen LogP contribution in [0.4, 0.5) is 36.4 Å². The molecule has 5 rings (SSSR count). The number of fused-ring (bicyclic) bond motifs is 1. The lowest BCUT2D eigenvalue weighted by Crippen LogP contribution is -2.46. The fourth-order valence-electron chi connectivity index (χ4n) is 6.19. The normalized spacial score (nSPS) is 25.5. The van der Waals surface area contributed by atoms with Gasteiger partial charge in [-0.1, -0.05) is 25.3 Å². The fourth-order valence-corrected chi connectivity index (χ4v) is 6.19. The Bertz CT molecular complexity index is 1140. The minimum absolute atomic E-state index is 0.102. The summed E-state index contributed by atoms with van der Waals surface area (Å²) in [4.78, 5) is 6.37. The Balaban J connectivity index is 1.29. The number of benzene rings is 1. The maximum atomic E-state index is 13.9. The molecule has 1 aromatic carbocycles. The molecule has 11 heteroatoms. The zero-order valence-electron chi connectivity index (χ0n) is 21.6. The van der Waals surface area contributed by atoms with Crippen molar-refractivity contribution in [3.8, 4) is 0 Å². The minimum Gasteiger partial charge on any atom is -0.380 e. The molecule has 2 N–H and O–H groups in total. The molecule has 2 saturated carbocycles. The predicted molar refractivity (Wildman–Crippen MR) is 135 cm³/mol. The third kappa shape index (κ3) is 6.38. The lowest BCUT2D eigenvalue weighted by atomic mass is 9.77. The monoisotopic (exact) mass is 558 g/mol. The summed E-state index contributed by atoms with van der Waals surface area (Å²) in [5, 5.41) is 5.76. The van der Waals surface area contributed by atoms with E-state index in [2.05, 4.69) is 23.8 Å². The summed E-state index contributed by atoms with van der Waals surface area (Å²) in [6, 6.07) is 3.57. The first-order chi connectivity index (χ1) is 18.2. The van der Waals surface area contributed by atoms with Gasteiger partial charge in [0.2, 0.25) is 11.8 Å². The lowest BCUT2D eigenvalue weighted by molar-refractivity contribution is -0.150. The van der Waals surface area contributed by atoms with Gasteiger partial charge in [-0.15, -0.1) is 0 Å². The third-order valence-corrected chi connectivity index (χ3v) is 8.34. The Morgan fingerprint density at radius 3 is 2.44 bits per heavy atom. The quantitative estimate of drug-likeness (QED) is 0.343. The minimum atomic E-state index is -4.37. The van der Waals surface area contributed by atoms with Crippen LogP contribution in [0, 0.1) is 11.8 Å². The molecular formula is C28H33F7N4. The molecule has 0 bridgehead atoms. The number of alkyl halides is 7. The molecule has 2 atom stereocenters. The zero-order chi connectivity index (χ0) is 28.2. The number of nitrogens with one attached hydrogen (secondary N) is 2. The first-order valence-electron chi connectivity index (χ1n) is 13.3. The molecule has 1 saturated heterocycles. The summed E-state index contributed by atoms with van der Waals surface area (Å²) in [6.45, 7) is 7.76. The van der Waals surface area contributed by atoms with E-state index in [0.29, 0.717) is 37.1 Å². The number of hydrogen-bond donors (Lipinski definition) is 2. The molecule has 4 nitrogen and oxygen atoms in total. The van der Waals surface area contributed by atoms with Crippen LogP contribution in [0.25, 0.3) is 0 Å². The molecule has 214 valence electrons. The van der Waals surface area contributed by atoms with Crippen LogP contribution in [-0.4, -0.2) is 47.3 Å². The Kier molecular flexibility index (Phi) is 7.16. The van der Waals surface area contributed by atoms with Crippen molar-refractivity contribution >= 4 is 11.4 Å². The maximum absolute atomic E-state index is 13.9. The van der Waals surface area contributed by atoms with E-state index in [1.165, 1.54) is 0 Å². The first-order valence-corrected chi connectivity index (χ1v) is 13.3. The van der Waals surface area contributed by atoms with Crippen molar-refractivity contribution < 1.29 is 30.7 Å². The number of nitrogens with zero attached hydrogens (tertiary/aromatic N) is 2. The first kappa shape index (κ1) is 27.8. The van der Waals surface area contributed by atoms with Crippen molar-refractivity contribution in [2.24, 2.45) is 16.8 Å². The molecule has 2 aliphatic heterocycles. The molecule has 1 aromatic rings. The van der Waals surface area contributed by atoms with E-state index < -0.39 is 24.1 Å². The van der Waals surface area contributed by atoms with Crippen molar-refractivity contribution in [2.75, 3.05) is 6.54 Å². The number of hydrogen-bond acceptors (Lipinski definition) is 4. The van der Waals surface area contributed by atoms with Crippen molar-refractivity contribution in [1.29, 1.82) is 0 Å². The molecule has 0 amide bonds. The summed E-state index contributed by atoms with van der Waals surface area (Å²) in [6.07, 6.45) is -3.63. The van der Waals surface area contributed by atoms with Gasteiger partial charge in [-0.2, -0.15) is 13.2 Å². The van der Waals surface area contributed by atoms with Crippen LogP contribution in [0.2, 0.25) is 0 Å². The standard InChI is InChI=1S/C28H33F7N4/c1-16(9-19-12-27(31,32)13-19)36-25(20-5-7-26(29,30)8-6-20)23-11-21-4-3-18(10-22(21)38-23)14-39-15-24(28(33,34)35)37-17(39)2/h3-4,10,19-20,24-25,36-37H,1-2,5-9,11-15H2/t24?,25-/m0/s1. The van der Waals surface area contributed by atoms with E-state index >= 15 is 0 Å².